The molecule has 1 fully saturated rings. The highest BCUT2D eigenvalue weighted by Crippen LogP contribution is 2.22. The molecule has 0 radical (unpaired) electrons. The summed E-state index contributed by atoms with van der Waals surface area (Å²) in [6, 6.07) is 9.17. The van der Waals surface area contributed by atoms with Crippen LogP contribution in [0.15, 0.2) is 24.3 Å². The summed E-state index contributed by atoms with van der Waals surface area (Å²) in [5.41, 5.74) is 0.531. The van der Waals surface area contributed by atoms with E-state index in [9.17, 15) is 4.79 Å². The first-order chi connectivity index (χ1) is 11.4. The van der Waals surface area contributed by atoms with Crippen LogP contribution in [0, 0.1) is 11.3 Å². The summed E-state index contributed by atoms with van der Waals surface area (Å²) in [5, 5.41) is 8.50. The van der Waals surface area contributed by atoms with Crippen molar-refractivity contribution in [2.24, 2.45) is 0 Å². The fourth-order valence-electron chi connectivity index (χ4n) is 2.86. The van der Waals surface area contributed by atoms with Gasteiger partial charge in [0.25, 0.3) is 0 Å². The molecule has 1 heterocycles. The molecule has 1 saturated heterocycles. The maximum Gasteiger partial charge on any atom is 0.227 e. The number of carbonyl (C=O) groups excluding carboxylic acids is 1. The largest absolute Gasteiger partial charge is 0.479 e. The fourth-order valence-corrected chi connectivity index (χ4v) is 2.86. The van der Waals surface area contributed by atoms with E-state index in [0.29, 0.717) is 31.9 Å². The molecule has 6 heteroatoms. The number of amides is 1. The molecule has 0 bridgehead atoms. The van der Waals surface area contributed by atoms with Crippen molar-refractivity contribution in [1.82, 2.24) is 4.90 Å². The minimum absolute atomic E-state index is 0.0159. The van der Waals surface area contributed by atoms with Crippen LogP contribution in [0.2, 0.25) is 0 Å². The standard InChI is InChI=1S/C18H24N2O4/c1-18(2)13-20(11-16(24-18)12-22-3)17(21)10-14-4-6-15(7-5-14)23-9-8-19/h4-7,16H,9-13H2,1-3H3/t16-/m1/s1. The van der Waals surface area contributed by atoms with Crippen LogP contribution in [-0.4, -0.2) is 55.9 Å². The Morgan fingerprint density at radius 2 is 2.12 bits per heavy atom. The molecule has 0 aromatic heterocycles. The predicted molar refractivity (Wildman–Crippen MR) is 88.7 cm³/mol. The van der Waals surface area contributed by atoms with Crippen molar-refractivity contribution in [1.29, 1.82) is 5.26 Å². The van der Waals surface area contributed by atoms with Gasteiger partial charge in [0.2, 0.25) is 5.91 Å². The molecule has 6 nitrogen and oxygen atoms in total. The van der Waals surface area contributed by atoms with Crippen molar-refractivity contribution in [2.75, 3.05) is 33.4 Å². The highest BCUT2D eigenvalue weighted by atomic mass is 16.5. The van der Waals surface area contributed by atoms with E-state index in [1.807, 2.05) is 36.9 Å². The Morgan fingerprint density at radius 3 is 2.75 bits per heavy atom. The molecule has 1 aromatic rings. The lowest BCUT2D eigenvalue weighted by molar-refractivity contribution is -0.168. The molecule has 2 rings (SSSR count). The topological polar surface area (TPSA) is 71.8 Å². The molecule has 0 aliphatic carbocycles. The normalized spacial score (nSPS) is 19.6. The highest BCUT2D eigenvalue weighted by molar-refractivity contribution is 5.79. The summed E-state index contributed by atoms with van der Waals surface area (Å²) in [5.74, 6) is 0.693. The zero-order valence-electron chi connectivity index (χ0n) is 14.4. The van der Waals surface area contributed by atoms with Crippen molar-refractivity contribution in [3.05, 3.63) is 29.8 Å². The van der Waals surface area contributed by atoms with Gasteiger partial charge in [0.05, 0.1) is 24.7 Å². The Labute approximate surface area is 142 Å². The van der Waals surface area contributed by atoms with Gasteiger partial charge in [-0.05, 0) is 31.5 Å². The lowest BCUT2D eigenvalue weighted by Crippen LogP contribution is -2.56. The zero-order valence-corrected chi connectivity index (χ0v) is 14.4. The van der Waals surface area contributed by atoms with Crippen LogP contribution in [0.3, 0.4) is 0 Å². The van der Waals surface area contributed by atoms with Gasteiger partial charge in [0, 0.05) is 20.2 Å². The second-order valence-electron chi connectivity index (χ2n) is 6.50. The molecule has 130 valence electrons. The van der Waals surface area contributed by atoms with E-state index in [1.165, 1.54) is 0 Å². The van der Waals surface area contributed by atoms with Crippen molar-refractivity contribution in [3.63, 3.8) is 0 Å². The van der Waals surface area contributed by atoms with Crippen LogP contribution in [0.25, 0.3) is 0 Å². The number of hydrogen-bond acceptors (Lipinski definition) is 5. The third-order valence-electron chi connectivity index (χ3n) is 3.77. The van der Waals surface area contributed by atoms with Crippen LogP contribution in [0.4, 0.5) is 0 Å². The molecular formula is C18H24N2O4. The van der Waals surface area contributed by atoms with Crippen LogP contribution >= 0.6 is 0 Å². The molecule has 1 aliphatic rings. The molecular weight excluding hydrogens is 308 g/mol. The molecule has 0 N–H and O–H groups in total. The molecule has 0 spiro atoms. The maximum atomic E-state index is 12.6. The summed E-state index contributed by atoms with van der Waals surface area (Å²) >= 11 is 0. The van der Waals surface area contributed by atoms with Crippen LogP contribution in [0.5, 0.6) is 5.75 Å². The van der Waals surface area contributed by atoms with E-state index < -0.39 is 0 Å². The Kier molecular flexibility index (Phi) is 6.18. The number of hydrogen-bond donors (Lipinski definition) is 0. The van der Waals surface area contributed by atoms with Crippen molar-refractivity contribution in [2.45, 2.75) is 32.0 Å². The molecule has 0 unspecified atom stereocenters. The number of ether oxygens (including phenoxy) is 3. The zero-order chi connectivity index (χ0) is 17.6. The van der Waals surface area contributed by atoms with Gasteiger partial charge < -0.3 is 19.1 Å². The number of morpholine rings is 1. The van der Waals surface area contributed by atoms with Gasteiger partial charge in [0.1, 0.15) is 11.8 Å². The second-order valence-corrected chi connectivity index (χ2v) is 6.50. The average Bonchev–Trinajstić information content (AvgIpc) is 2.53. The van der Waals surface area contributed by atoms with Gasteiger partial charge in [-0.15, -0.1) is 0 Å². The summed E-state index contributed by atoms with van der Waals surface area (Å²) in [6.45, 7) is 5.56. The number of nitriles is 1. The van der Waals surface area contributed by atoms with E-state index in [4.69, 9.17) is 19.5 Å². The van der Waals surface area contributed by atoms with Crippen LogP contribution < -0.4 is 4.74 Å². The number of nitrogens with zero attached hydrogens (tertiary/aromatic N) is 2. The predicted octanol–water partition coefficient (Wildman–Crippen LogP) is 1.78. The molecule has 1 atom stereocenters. The van der Waals surface area contributed by atoms with Gasteiger partial charge >= 0.3 is 0 Å². The first-order valence-corrected chi connectivity index (χ1v) is 7.97. The van der Waals surface area contributed by atoms with Gasteiger partial charge in [-0.3, -0.25) is 4.79 Å². The van der Waals surface area contributed by atoms with E-state index in [1.54, 1.807) is 19.2 Å². The van der Waals surface area contributed by atoms with E-state index in [-0.39, 0.29) is 24.2 Å². The number of rotatable bonds is 6. The number of methoxy groups -OCH3 is 1. The van der Waals surface area contributed by atoms with Crippen LogP contribution in [0.1, 0.15) is 19.4 Å². The minimum atomic E-state index is -0.383. The van der Waals surface area contributed by atoms with Gasteiger partial charge in [0.15, 0.2) is 6.61 Å². The number of carbonyl (C=O) groups is 1. The third kappa shape index (κ3) is 5.22. The van der Waals surface area contributed by atoms with E-state index in [2.05, 4.69) is 0 Å². The summed E-state index contributed by atoms with van der Waals surface area (Å²) in [4.78, 5) is 14.5. The van der Waals surface area contributed by atoms with Crippen molar-refractivity contribution < 1.29 is 19.0 Å². The van der Waals surface area contributed by atoms with E-state index >= 15 is 0 Å². The lowest BCUT2D eigenvalue weighted by Gasteiger charge is -2.42. The quantitative estimate of drug-likeness (QED) is 0.794. The highest BCUT2D eigenvalue weighted by Gasteiger charge is 2.35. The molecule has 24 heavy (non-hydrogen) atoms. The van der Waals surface area contributed by atoms with Gasteiger partial charge in [-0.2, -0.15) is 5.26 Å². The lowest BCUT2D eigenvalue weighted by atomic mass is 10.0. The summed E-state index contributed by atoms with van der Waals surface area (Å²) in [7, 11) is 1.63. The number of benzene rings is 1. The van der Waals surface area contributed by atoms with Crippen molar-refractivity contribution >= 4 is 5.91 Å². The van der Waals surface area contributed by atoms with Crippen molar-refractivity contribution in [3.8, 4) is 11.8 Å². The van der Waals surface area contributed by atoms with Crippen LogP contribution in [-0.2, 0) is 20.7 Å². The van der Waals surface area contributed by atoms with Gasteiger partial charge in [-0.25, -0.2) is 0 Å². The first-order valence-electron chi connectivity index (χ1n) is 7.97. The van der Waals surface area contributed by atoms with E-state index in [0.717, 1.165) is 5.56 Å². The molecule has 1 amide bonds. The summed E-state index contributed by atoms with van der Waals surface area (Å²) in [6.07, 6.45) is 0.221. The minimum Gasteiger partial charge on any atom is -0.479 e. The molecule has 1 aliphatic heterocycles. The smallest absolute Gasteiger partial charge is 0.227 e. The Balaban J connectivity index is 1.96. The van der Waals surface area contributed by atoms with Gasteiger partial charge in [-0.1, -0.05) is 12.1 Å². The molecule has 0 saturated carbocycles. The SMILES string of the molecule is COC[C@H]1CN(C(=O)Cc2ccc(OCC#N)cc2)CC(C)(C)O1. The first kappa shape index (κ1) is 18.2. The monoisotopic (exact) mass is 332 g/mol. The maximum absolute atomic E-state index is 12.6. The summed E-state index contributed by atoms with van der Waals surface area (Å²) < 4.78 is 16.3. The fraction of sp³-hybridized carbons (Fsp3) is 0.556. The Bertz CT molecular complexity index is 592. The Morgan fingerprint density at radius 1 is 1.42 bits per heavy atom. The Hall–Kier alpha value is -2.10. The third-order valence-corrected chi connectivity index (χ3v) is 3.77. The molecule has 1 aromatic carbocycles. The average molecular weight is 332 g/mol. The second kappa shape index (κ2) is 8.13.